The average molecular weight is 339 g/mol. The number of morpholine rings is 1. The molecule has 2 fully saturated rings. The molecule has 0 bridgehead atoms. The van der Waals surface area contributed by atoms with E-state index in [1.165, 1.54) is 24.2 Å². The molecular formula is C20H21NO2S. The lowest BCUT2D eigenvalue weighted by Gasteiger charge is -2.08. The highest BCUT2D eigenvalue weighted by atomic mass is 32.1. The zero-order valence-electron chi connectivity index (χ0n) is 14.0. The van der Waals surface area contributed by atoms with Crippen molar-refractivity contribution in [1.82, 2.24) is 4.90 Å². The van der Waals surface area contributed by atoms with Gasteiger partial charge in [-0.15, -0.1) is 11.3 Å². The second kappa shape index (κ2) is 6.28. The van der Waals surface area contributed by atoms with E-state index in [0.717, 1.165) is 33.2 Å². The summed E-state index contributed by atoms with van der Waals surface area (Å²) >= 11 is 1.70. The normalized spacial score (nSPS) is 21.4. The number of aryl methyl sites for hydroxylation is 2. The van der Waals surface area contributed by atoms with Gasteiger partial charge in [-0.1, -0.05) is 25.1 Å². The fourth-order valence-corrected chi connectivity index (χ4v) is 4.48. The van der Waals surface area contributed by atoms with Gasteiger partial charge in [0.25, 0.3) is 0 Å². The van der Waals surface area contributed by atoms with Crippen LogP contribution in [0.5, 0.6) is 0 Å². The first kappa shape index (κ1) is 15.8. The standard InChI is InChI=1S/C16H14OS.C4H7NO/c1-3-11-10(2)8-9-14-15(11)16(17)12-6-4-5-7-13(12)18-14;1-2-6-4-3-5(1)4/h4-9H,3H2,1-2H3;4H,1-3H2. The summed E-state index contributed by atoms with van der Waals surface area (Å²) in [4.78, 5) is 14.9. The number of rotatable bonds is 1. The van der Waals surface area contributed by atoms with E-state index in [0.29, 0.717) is 6.23 Å². The van der Waals surface area contributed by atoms with E-state index in [1.807, 2.05) is 24.3 Å². The summed E-state index contributed by atoms with van der Waals surface area (Å²) < 4.78 is 7.32. The van der Waals surface area contributed by atoms with Gasteiger partial charge in [-0.25, -0.2) is 0 Å². The molecule has 1 aromatic heterocycles. The lowest BCUT2D eigenvalue weighted by Crippen LogP contribution is -2.05. The van der Waals surface area contributed by atoms with Gasteiger partial charge in [-0.2, -0.15) is 0 Å². The van der Waals surface area contributed by atoms with E-state index in [-0.39, 0.29) is 5.43 Å². The van der Waals surface area contributed by atoms with E-state index in [2.05, 4.69) is 30.9 Å². The monoisotopic (exact) mass is 339 g/mol. The van der Waals surface area contributed by atoms with Crippen LogP contribution in [0.25, 0.3) is 20.2 Å². The number of hydrogen-bond acceptors (Lipinski definition) is 4. The summed E-state index contributed by atoms with van der Waals surface area (Å²) in [7, 11) is 0. The second-order valence-electron chi connectivity index (χ2n) is 6.34. The van der Waals surface area contributed by atoms with Crippen LogP contribution in [0.1, 0.15) is 18.1 Å². The molecule has 0 amide bonds. The molecule has 0 radical (unpaired) electrons. The van der Waals surface area contributed by atoms with Crippen LogP contribution in [0.2, 0.25) is 0 Å². The predicted molar refractivity (Wildman–Crippen MR) is 101 cm³/mol. The Kier molecular flexibility index (Phi) is 4.12. The third-order valence-electron chi connectivity index (χ3n) is 4.79. The van der Waals surface area contributed by atoms with Crippen molar-refractivity contribution in [2.45, 2.75) is 26.5 Å². The van der Waals surface area contributed by atoms with Gasteiger partial charge >= 0.3 is 0 Å². The molecule has 2 saturated heterocycles. The van der Waals surface area contributed by atoms with Crippen LogP contribution in [0.4, 0.5) is 0 Å². The maximum absolute atomic E-state index is 12.6. The molecule has 124 valence electrons. The summed E-state index contributed by atoms with van der Waals surface area (Å²) in [5.41, 5.74) is 2.59. The Labute approximate surface area is 145 Å². The van der Waals surface area contributed by atoms with Crippen LogP contribution in [-0.4, -0.2) is 30.8 Å². The van der Waals surface area contributed by atoms with E-state index < -0.39 is 0 Å². The van der Waals surface area contributed by atoms with Crippen molar-refractivity contribution in [3.8, 4) is 0 Å². The number of hydrogen-bond donors (Lipinski definition) is 0. The highest BCUT2D eigenvalue weighted by Gasteiger charge is 2.39. The molecule has 2 aromatic carbocycles. The highest BCUT2D eigenvalue weighted by molar-refractivity contribution is 7.24. The zero-order valence-corrected chi connectivity index (χ0v) is 14.9. The van der Waals surface area contributed by atoms with Crippen LogP contribution < -0.4 is 5.43 Å². The number of fused-ring (bicyclic) bond motifs is 3. The maximum Gasteiger partial charge on any atom is 0.196 e. The Hall–Kier alpha value is -1.75. The smallest absolute Gasteiger partial charge is 0.196 e. The molecule has 3 aromatic rings. The summed E-state index contributed by atoms with van der Waals surface area (Å²) in [6.45, 7) is 7.52. The summed E-state index contributed by atoms with van der Waals surface area (Å²) in [5, 5.41) is 1.76. The molecule has 0 aliphatic carbocycles. The second-order valence-corrected chi connectivity index (χ2v) is 7.42. The van der Waals surface area contributed by atoms with Gasteiger partial charge in [0.15, 0.2) is 5.43 Å². The third-order valence-corrected chi connectivity index (χ3v) is 5.93. The van der Waals surface area contributed by atoms with Gasteiger partial charge < -0.3 is 4.74 Å². The topological polar surface area (TPSA) is 29.3 Å². The minimum atomic E-state index is 0.180. The molecule has 3 heterocycles. The number of ether oxygens (including phenoxy) is 1. The molecular weight excluding hydrogens is 318 g/mol. The summed E-state index contributed by atoms with van der Waals surface area (Å²) in [6.07, 6.45) is 1.45. The van der Waals surface area contributed by atoms with Crippen molar-refractivity contribution in [1.29, 1.82) is 0 Å². The predicted octanol–water partition coefficient (Wildman–Crippen LogP) is 3.94. The quantitative estimate of drug-likeness (QED) is 0.497. The lowest BCUT2D eigenvalue weighted by molar-refractivity contribution is 0.159. The van der Waals surface area contributed by atoms with Crippen molar-refractivity contribution < 1.29 is 4.74 Å². The Morgan fingerprint density at radius 2 is 2.04 bits per heavy atom. The average Bonchev–Trinajstić information content (AvgIpc) is 3.21. The SMILES string of the molecule is C1CN2CC2O1.CCc1c(C)ccc2sc3ccccc3c(=O)c12. The largest absolute Gasteiger partial charge is 0.360 e. The van der Waals surface area contributed by atoms with E-state index in [9.17, 15) is 4.79 Å². The molecule has 2 aliphatic heterocycles. The fraction of sp³-hybridized carbons (Fsp3) is 0.350. The third kappa shape index (κ3) is 2.75. The van der Waals surface area contributed by atoms with Crippen LogP contribution in [0, 0.1) is 6.92 Å². The van der Waals surface area contributed by atoms with Crippen molar-refractivity contribution >= 4 is 31.5 Å². The highest BCUT2D eigenvalue weighted by Crippen LogP contribution is 2.28. The van der Waals surface area contributed by atoms with Crippen LogP contribution in [0.3, 0.4) is 0 Å². The molecule has 5 rings (SSSR count). The molecule has 0 spiro atoms. The minimum absolute atomic E-state index is 0.180. The van der Waals surface area contributed by atoms with Gasteiger partial charge in [-0.3, -0.25) is 9.69 Å². The fourth-order valence-electron chi connectivity index (χ4n) is 3.37. The van der Waals surface area contributed by atoms with E-state index >= 15 is 0 Å². The first-order valence-corrected chi connectivity index (χ1v) is 9.30. The number of benzene rings is 2. The van der Waals surface area contributed by atoms with E-state index in [1.54, 1.807) is 11.3 Å². The van der Waals surface area contributed by atoms with Gasteiger partial charge in [0, 0.05) is 33.3 Å². The van der Waals surface area contributed by atoms with Crippen LogP contribution >= 0.6 is 11.3 Å². The Balaban J connectivity index is 0.000000201. The molecule has 0 saturated carbocycles. The Morgan fingerprint density at radius 3 is 2.67 bits per heavy atom. The molecule has 24 heavy (non-hydrogen) atoms. The minimum Gasteiger partial charge on any atom is -0.360 e. The summed E-state index contributed by atoms with van der Waals surface area (Å²) in [6, 6.07) is 12.1. The van der Waals surface area contributed by atoms with Crippen LogP contribution in [-0.2, 0) is 11.2 Å². The molecule has 2 atom stereocenters. The lowest BCUT2D eigenvalue weighted by atomic mass is 10.0. The van der Waals surface area contributed by atoms with Gasteiger partial charge in [-0.05, 0) is 42.7 Å². The molecule has 2 aliphatic rings. The first-order valence-electron chi connectivity index (χ1n) is 8.48. The molecule has 0 N–H and O–H groups in total. The van der Waals surface area contributed by atoms with Crippen molar-refractivity contribution in [3.63, 3.8) is 0 Å². The van der Waals surface area contributed by atoms with Crippen molar-refractivity contribution in [2.24, 2.45) is 0 Å². The van der Waals surface area contributed by atoms with Gasteiger partial charge in [0.1, 0.15) is 6.23 Å². The van der Waals surface area contributed by atoms with Crippen molar-refractivity contribution in [3.05, 3.63) is 57.7 Å². The van der Waals surface area contributed by atoms with E-state index in [4.69, 9.17) is 4.74 Å². The summed E-state index contributed by atoms with van der Waals surface area (Å²) in [5.74, 6) is 0. The molecule has 3 nitrogen and oxygen atoms in total. The van der Waals surface area contributed by atoms with Gasteiger partial charge in [0.05, 0.1) is 6.61 Å². The van der Waals surface area contributed by atoms with Crippen LogP contribution in [0.15, 0.2) is 41.2 Å². The first-order chi connectivity index (χ1) is 11.7. The Bertz CT molecular complexity index is 955. The number of nitrogens with zero attached hydrogens (tertiary/aromatic N) is 1. The van der Waals surface area contributed by atoms with Gasteiger partial charge in [0.2, 0.25) is 0 Å². The maximum atomic E-state index is 12.6. The zero-order chi connectivity index (χ0) is 16.7. The van der Waals surface area contributed by atoms with Crippen molar-refractivity contribution in [2.75, 3.05) is 19.7 Å². The molecule has 2 unspecified atom stereocenters. The Morgan fingerprint density at radius 1 is 1.21 bits per heavy atom. The molecule has 4 heteroatoms.